The molecule has 0 aliphatic heterocycles. The van der Waals surface area contributed by atoms with E-state index in [0.29, 0.717) is 5.56 Å². The summed E-state index contributed by atoms with van der Waals surface area (Å²) in [5, 5.41) is -0.712. The third-order valence-corrected chi connectivity index (χ3v) is 3.94. The molecular formula is C10H15FN2O2S. The molecule has 1 rings (SSSR count). The molecule has 16 heavy (non-hydrogen) atoms. The minimum atomic E-state index is -3.54. The van der Waals surface area contributed by atoms with Crippen molar-refractivity contribution in [2.24, 2.45) is 5.73 Å². The van der Waals surface area contributed by atoms with Crippen LogP contribution in [0.4, 0.5) is 10.1 Å². The van der Waals surface area contributed by atoms with E-state index in [0.717, 1.165) is 6.07 Å². The quantitative estimate of drug-likeness (QED) is 0.839. The molecule has 6 heteroatoms. The number of hydrogen-bond donors (Lipinski definition) is 2. The summed E-state index contributed by atoms with van der Waals surface area (Å²) in [5.74, 6) is -0.474. The van der Waals surface area contributed by atoms with E-state index in [1.54, 1.807) is 13.0 Å². The Labute approximate surface area is 94.7 Å². The molecule has 0 fully saturated rings. The molecule has 1 unspecified atom stereocenters. The summed E-state index contributed by atoms with van der Waals surface area (Å²) in [7, 11) is -3.54. The highest BCUT2D eigenvalue weighted by Crippen LogP contribution is 2.16. The molecule has 0 amide bonds. The van der Waals surface area contributed by atoms with Gasteiger partial charge in [0, 0.05) is 6.54 Å². The first kappa shape index (κ1) is 12.9. The Morgan fingerprint density at radius 1 is 1.44 bits per heavy atom. The molecule has 0 aromatic heterocycles. The predicted octanol–water partition coefficient (Wildman–Crippen LogP) is 1.22. The first-order chi connectivity index (χ1) is 7.35. The fourth-order valence-electron chi connectivity index (χ4n) is 1.19. The Bertz CT molecular complexity index is 453. The zero-order valence-electron chi connectivity index (χ0n) is 9.20. The van der Waals surface area contributed by atoms with Crippen LogP contribution in [0.3, 0.4) is 0 Å². The normalized spacial score (nSPS) is 13.5. The van der Waals surface area contributed by atoms with Crippen LogP contribution in [0.25, 0.3) is 0 Å². The van der Waals surface area contributed by atoms with Gasteiger partial charge in [-0.3, -0.25) is 4.72 Å². The highest BCUT2D eigenvalue weighted by molar-refractivity contribution is 7.93. The summed E-state index contributed by atoms with van der Waals surface area (Å²) in [6.45, 7) is 3.20. The Morgan fingerprint density at radius 3 is 2.56 bits per heavy atom. The average Bonchev–Trinajstić information content (AvgIpc) is 2.13. The van der Waals surface area contributed by atoms with Crippen molar-refractivity contribution in [1.82, 2.24) is 0 Å². The van der Waals surface area contributed by atoms with Gasteiger partial charge >= 0.3 is 0 Å². The SMILES string of the molecule is Cc1cc(F)cc(NS(=O)(=O)C(C)CN)c1. The first-order valence-corrected chi connectivity index (χ1v) is 6.38. The Balaban J connectivity index is 2.97. The molecule has 1 aromatic rings. The van der Waals surface area contributed by atoms with Gasteiger partial charge in [-0.05, 0) is 37.6 Å². The summed E-state index contributed by atoms with van der Waals surface area (Å²) in [4.78, 5) is 0. The fraction of sp³-hybridized carbons (Fsp3) is 0.400. The number of nitrogens with two attached hydrogens (primary N) is 1. The average molecular weight is 246 g/mol. The second kappa shape index (κ2) is 4.80. The maximum atomic E-state index is 13.0. The van der Waals surface area contributed by atoms with Gasteiger partial charge in [0.05, 0.1) is 10.9 Å². The van der Waals surface area contributed by atoms with Gasteiger partial charge in [0.25, 0.3) is 0 Å². The molecule has 90 valence electrons. The number of hydrogen-bond acceptors (Lipinski definition) is 3. The molecule has 1 aromatic carbocycles. The monoisotopic (exact) mass is 246 g/mol. The van der Waals surface area contributed by atoms with Crippen molar-refractivity contribution in [1.29, 1.82) is 0 Å². The summed E-state index contributed by atoms with van der Waals surface area (Å²) in [6.07, 6.45) is 0. The van der Waals surface area contributed by atoms with Crippen LogP contribution in [0.1, 0.15) is 12.5 Å². The first-order valence-electron chi connectivity index (χ1n) is 4.84. The van der Waals surface area contributed by atoms with Crippen LogP contribution in [0.2, 0.25) is 0 Å². The largest absolute Gasteiger partial charge is 0.329 e. The van der Waals surface area contributed by atoms with E-state index >= 15 is 0 Å². The van der Waals surface area contributed by atoms with Crippen LogP contribution in [0.5, 0.6) is 0 Å². The van der Waals surface area contributed by atoms with E-state index in [1.165, 1.54) is 13.0 Å². The lowest BCUT2D eigenvalue weighted by Crippen LogP contribution is -2.31. The van der Waals surface area contributed by atoms with Crippen LogP contribution in [0.15, 0.2) is 18.2 Å². The van der Waals surface area contributed by atoms with Gasteiger partial charge in [0.1, 0.15) is 5.82 Å². The molecule has 0 aliphatic rings. The van der Waals surface area contributed by atoms with E-state index in [9.17, 15) is 12.8 Å². The highest BCUT2D eigenvalue weighted by atomic mass is 32.2. The molecular weight excluding hydrogens is 231 g/mol. The van der Waals surface area contributed by atoms with E-state index in [2.05, 4.69) is 4.72 Å². The molecule has 0 saturated heterocycles. The predicted molar refractivity (Wildman–Crippen MR) is 62.2 cm³/mol. The van der Waals surface area contributed by atoms with Crippen molar-refractivity contribution in [2.75, 3.05) is 11.3 Å². The molecule has 4 nitrogen and oxygen atoms in total. The molecule has 0 bridgehead atoms. The summed E-state index contributed by atoms with van der Waals surface area (Å²) in [6, 6.07) is 4.02. The Morgan fingerprint density at radius 2 is 2.06 bits per heavy atom. The van der Waals surface area contributed by atoms with Crippen LogP contribution in [-0.4, -0.2) is 20.2 Å². The van der Waals surface area contributed by atoms with Crippen molar-refractivity contribution in [3.63, 3.8) is 0 Å². The van der Waals surface area contributed by atoms with E-state index in [-0.39, 0.29) is 12.2 Å². The number of benzene rings is 1. The van der Waals surface area contributed by atoms with Crippen molar-refractivity contribution < 1.29 is 12.8 Å². The minimum Gasteiger partial charge on any atom is -0.329 e. The zero-order chi connectivity index (χ0) is 12.3. The van der Waals surface area contributed by atoms with Crippen molar-refractivity contribution in [3.8, 4) is 0 Å². The highest BCUT2D eigenvalue weighted by Gasteiger charge is 2.19. The zero-order valence-corrected chi connectivity index (χ0v) is 10.0. The van der Waals surface area contributed by atoms with Crippen LogP contribution >= 0.6 is 0 Å². The van der Waals surface area contributed by atoms with Gasteiger partial charge in [0.2, 0.25) is 10.0 Å². The van der Waals surface area contributed by atoms with Crippen molar-refractivity contribution in [2.45, 2.75) is 19.1 Å². The van der Waals surface area contributed by atoms with Gasteiger partial charge in [-0.1, -0.05) is 0 Å². The smallest absolute Gasteiger partial charge is 0.236 e. The molecule has 0 spiro atoms. The number of halogens is 1. The standard InChI is InChI=1S/C10H15FN2O2S/c1-7-3-9(11)5-10(4-7)13-16(14,15)8(2)6-12/h3-5,8,13H,6,12H2,1-2H3. The van der Waals surface area contributed by atoms with Gasteiger partial charge in [-0.25, -0.2) is 12.8 Å². The molecule has 0 aliphatic carbocycles. The lowest BCUT2D eigenvalue weighted by molar-refractivity contribution is 0.589. The van der Waals surface area contributed by atoms with Gasteiger partial charge in [0.15, 0.2) is 0 Å². The van der Waals surface area contributed by atoms with Crippen LogP contribution in [0, 0.1) is 12.7 Å². The van der Waals surface area contributed by atoms with Gasteiger partial charge in [-0.2, -0.15) is 0 Å². The topological polar surface area (TPSA) is 72.2 Å². The lowest BCUT2D eigenvalue weighted by atomic mass is 10.2. The molecule has 3 N–H and O–H groups in total. The number of rotatable bonds is 4. The van der Waals surface area contributed by atoms with Crippen molar-refractivity contribution in [3.05, 3.63) is 29.6 Å². The second-order valence-corrected chi connectivity index (χ2v) is 5.81. The van der Waals surface area contributed by atoms with Crippen molar-refractivity contribution >= 4 is 15.7 Å². The summed E-state index contributed by atoms with van der Waals surface area (Å²) in [5.41, 5.74) is 6.15. The van der Waals surface area contributed by atoms with Crippen LogP contribution < -0.4 is 10.5 Å². The lowest BCUT2D eigenvalue weighted by Gasteiger charge is -2.13. The van der Waals surface area contributed by atoms with Crippen LogP contribution in [-0.2, 0) is 10.0 Å². The Hall–Kier alpha value is -1.14. The molecule has 0 saturated carbocycles. The number of anilines is 1. The number of sulfonamides is 1. The maximum Gasteiger partial charge on any atom is 0.236 e. The molecule has 1 atom stereocenters. The third-order valence-electron chi connectivity index (χ3n) is 2.16. The van der Waals surface area contributed by atoms with Gasteiger partial charge in [-0.15, -0.1) is 0 Å². The molecule has 0 radical (unpaired) electrons. The van der Waals surface area contributed by atoms with E-state index in [4.69, 9.17) is 5.73 Å². The molecule has 0 heterocycles. The van der Waals surface area contributed by atoms with Gasteiger partial charge < -0.3 is 5.73 Å². The number of aryl methyl sites for hydroxylation is 1. The van der Waals surface area contributed by atoms with E-state index < -0.39 is 21.1 Å². The maximum absolute atomic E-state index is 13.0. The Kier molecular flexibility index (Phi) is 3.88. The number of nitrogens with one attached hydrogen (secondary N) is 1. The minimum absolute atomic E-state index is 0.0175. The third kappa shape index (κ3) is 3.18. The summed E-state index contributed by atoms with van der Waals surface area (Å²) < 4.78 is 38.6. The summed E-state index contributed by atoms with van der Waals surface area (Å²) >= 11 is 0. The second-order valence-electron chi connectivity index (χ2n) is 3.71. The fourth-order valence-corrected chi connectivity index (χ4v) is 2.09. The van der Waals surface area contributed by atoms with E-state index in [1.807, 2.05) is 0 Å².